The van der Waals surface area contributed by atoms with Crippen LogP contribution in [0, 0.1) is 0 Å². The van der Waals surface area contributed by atoms with Crippen molar-refractivity contribution >= 4 is 12.4 Å². The molecule has 0 fully saturated rings. The van der Waals surface area contributed by atoms with E-state index in [1.54, 1.807) is 14.2 Å². The predicted molar refractivity (Wildman–Crippen MR) is 99.4 cm³/mol. The van der Waals surface area contributed by atoms with Crippen molar-refractivity contribution in [3.05, 3.63) is 59.7 Å². The average molecular weight is 352 g/mol. The smallest absolute Gasteiger partial charge is 0.124 e. The molecule has 2 aromatic rings. The fourth-order valence-electron chi connectivity index (χ4n) is 2.55. The van der Waals surface area contributed by atoms with E-state index in [9.17, 15) is 5.11 Å². The highest BCUT2D eigenvalue weighted by Crippen LogP contribution is 2.24. The molecule has 0 aliphatic rings. The van der Waals surface area contributed by atoms with E-state index in [1.807, 2.05) is 36.4 Å². The minimum Gasteiger partial charge on any atom is -0.497 e. The van der Waals surface area contributed by atoms with Gasteiger partial charge >= 0.3 is 0 Å². The topological polar surface area (TPSA) is 50.7 Å². The third-order valence-corrected chi connectivity index (χ3v) is 3.86. The minimum absolute atomic E-state index is 0. The number of para-hydroxylation sites is 1. The van der Waals surface area contributed by atoms with Crippen molar-refractivity contribution in [2.75, 3.05) is 20.8 Å². The van der Waals surface area contributed by atoms with Crippen molar-refractivity contribution in [3.63, 3.8) is 0 Å². The Morgan fingerprint density at radius 2 is 1.67 bits per heavy atom. The summed E-state index contributed by atoms with van der Waals surface area (Å²) >= 11 is 0. The van der Waals surface area contributed by atoms with Gasteiger partial charge in [-0.25, -0.2) is 0 Å². The molecule has 0 bridgehead atoms. The molecule has 0 amide bonds. The highest BCUT2D eigenvalue weighted by Gasteiger charge is 2.13. The van der Waals surface area contributed by atoms with Gasteiger partial charge in [0.1, 0.15) is 11.5 Å². The Bertz CT molecular complexity index is 604. The van der Waals surface area contributed by atoms with Crippen LogP contribution in [-0.2, 0) is 6.42 Å². The molecule has 2 unspecified atom stereocenters. The van der Waals surface area contributed by atoms with Crippen LogP contribution in [-0.4, -0.2) is 31.9 Å². The van der Waals surface area contributed by atoms with Crippen molar-refractivity contribution in [1.82, 2.24) is 5.32 Å². The van der Waals surface area contributed by atoms with E-state index in [0.717, 1.165) is 17.7 Å². The number of methoxy groups -OCH3 is 2. The van der Waals surface area contributed by atoms with Crippen LogP contribution < -0.4 is 14.8 Å². The Morgan fingerprint density at radius 3 is 2.29 bits per heavy atom. The van der Waals surface area contributed by atoms with Crippen LogP contribution in [0.2, 0.25) is 0 Å². The van der Waals surface area contributed by atoms with E-state index in [1.165, 1.54) is 5.56 Å². The summed E-state index contributed by atoms with van der Waals surface area (Å²) in [5.41, 5.74) is 2.04. The van der Waals surface area contributed by atoms with E-state index in [2.05, 4.69) is 24.4 Å². The third kappa shape index (κ3) is 5.71. The van der Waals surface area contributed by atoms with Crippen molar-refractivity contribution in [2.45, 2.75) is 25.5 Å². The maximum Gasteiger partial charge on any atom is 0.124 e. The predicted octanol–water partition coefficient (Wildman–Crippen LogP) is 3.38. The standard InChI is InChI=1S/C19H25NO3.ClH/c1-14(12-15-8-10-16(22-2)11-9-15)20-13-18(21)17-6-4-5-7-19(17)23-3;/h4-11,14,18,20-21H,12-13H2,1-3H3;1H. The maximum absolute atomic E-state index is 10.4. The highest BCUT2D eigenvalue weighted by atomic mass is 35.5. The van der Waals surface area contributed by atoms with Gasteiger partial charge in [-0.05, 0) is 37.1 Å². The van der Waals surface area contributed by atoms with Gasteiger partial charge in [0, 0.05) is 18.2 Å². The molecule has 0 aliphatic carbocycles. The molecule has 2 atom stereocenters. The normalized spacial score (nSPS) is 12.8. The number of rotatable bonds is 8. The van der Waals surface area contributed by atoms with Gasteiger partial charge in [0.15, 0.2) is 0 Å². The lowest BCUT2D eigenvalue weighted by atomic mass is 10.1. The Labute approximate surface area is 150 Å². The summed E-state index contributed by atoms with van der Waals surface area (Å²) in [6.07, 6.45) is 0.298. The van der Waals surface area contributed by atoms with E-state index >= 15 is 0 Å². The number of aliphatic hydroxyl groups is 1. The van der Waals surface area contributed by atoms with Crippen molar-refractivity contribution < 1.29 is 14.6 Å². The Kier molecular flexibility index (Phi) is 8.61. The molecule has 0 saturated heterocycles. The SMILES string of the molecule is COc1ccc(CC(C)NCC(O)c2ccccc2OC)cc1.Cl. The number of ether oxygens (including phenoxy) is 2. The lowest BCUT2D eigenvalue weighted by Crippen LogP contribution is -2.32. The lowest BCUT2D eigenvalue weighted by molar-refractivity contribution is 0.166. The largest absolute Gasteiger partial charge is 0.497 e. The second kappa shape index (κ2) is 10.2. The van der Waals surface area contributed by atoms with E-state index < -0.39 is 6.10 Å². The van der Waals surface area contributed by atoms with Crippen LogP contribution in [0.4, 0.5) is 0 Å². The zero-order chi connectivity index (χ0) is 16.7. The molecule has 0 saturated carbocycles. The summed E-state index contributed by atoms with van der Waals surface area (Å²) < 4.78 is 10.5. The summed E-state index contributed by atoms with van der Waals surface area (Å²) in [5.74, 6) is 1.57. The second-order valence-electron chi connectivity index (χ2n) is 5.62. The highest BCUT2D eigenvalue weighted by molar-refractivity contribution is 5.85. The van der Waals surface area contributed by atoms with Gasteiger partial charge in [0.05, 0.1) is 20.3 Å². The van der Waals surface area contributed by atoms with Gasteiger partial charge in [-0.1, -0.05) is 30.3 Å². The van der Waals surface area contributed by atoms with Gasteiger partial charge in [0.25, 0.3) is 0 Å². The molecule has 0 spiro atoms. The molecule has 2 rings (SSSR count). The third-order valence-electron chi connectivity index (χ3n) is 3.86. The van der Waals surface area contributed by atoms with Crippen LogP contribution in [0.15, 0.2) is 48.5 Å². The molecular weight excluding hydrogens is 326 g/mol. The molecule has 0 heterocycles. The number of nitrogens with one attached hydrogen (secondary N) is 1. The van der Waals surface area contributed by atoms with Gasteiger partial charge in [-0.3, -0.25) is 0 Å². The molecule has 4 nitrogen and oxygen atoms in total. The number of hydrogen-bond donors (Lipinski definition) is 2. The molecule has 2 aromatic carbocycles. The van der Waals surface area contributed by atoms with Crippen LogP contribution in [0.3, 0.4) is 0 Å². The zero-order valence-corrected chi connectivity index (χ0v) is 15.2. The van der Waals surface area contributed by atoms with Crippen molar-refractivity contribution in [1.29, 1.82) is 0 Å². The first kappa shape index (κ1) is 20.3. The van der Waals surface area contributed by atoms with Gasteiger partial charge < -0.3 is 19.9 Å². The average Bonchev–Trinajstić information content (AvgIpc) is 2.60. The molecule has 0 aliphatic heterocycles. The first-order chi connectivity index (χ1) is 11.1. The number of hydrogen-bond acceptors (Lipinski definition) is 4. The quantitative estimate of drug-likeness (QED) is 0.765. The first-order valence-electron chi connectivity index (χ1n) is 7.81. The van der Waals surface area contributed by atoms with Gasteiger partial charge in [0.2, 0.25) is 0 Å². The van der Waals surface area contributed by atoms with Crippen LogP contribution in [0.5, 0.6) is 11.5 Å². The Balaban J connectivity index is 0.00000288. The van der Waals surface area contributed by atoms with Crippen LogP contribution in [0.1, 0.15) is 24.2 Å². The summed E-state index contributed by atoms with van der Waals surface area (Å²) in [6.45, 7) is 2.59. The zero-order valence-electron chi connectivity index (χ0n) is 14.4. The molecular formula is C19H26ClNO3. The van der Waals surface area contributed by atoms with E-state index in [-0.39, 0.29) is 18.4 Å². The monoisotopic (exact) mass is 351 g/mol. The summed E-state index contributed by atoms with van der Waals surface area (Å²) in [5, 5.41) is 13.7. The van der Waals surface area contributed by atoms with Crippen molar-refractivity contribution in [2.24, 2.45) is 0 Å². The second-order valence-corrected chi connectivity index (χ2v) is 5.62. The summed E-state index contributed by atoms with van der Waals surface area (Å²) in [4.78, 5) is 0. The molecule has 132 valence electrons. The number of benzene rings is 2. The molecule has 2 N–H and O–H groups in total. The van der Waals surface area contributed by atoms with Gasteiger partial charge in [-0.15, -0.1) is 12.4 Å². The lowest BCUT2D eigenvalue weighted by Gasteiger charge is -2.19. The fourth-order valence-corrected chi connectivity index (χ4v) is 2.55. The summed E-state index contributed by atoms with van der Waals surface area (Å²) in [6, 6.07) is 15.9. The Hall–Kier alpha value is -1.75. The van der Waals surface area contributed by atoms with E-state index in [0.29, 0.717) is 12.3 Å². The maximum atomic E-state index is 10.4. The van der Waals surface area contributed by atoms with Crippen LogP contribution >= 0.6 is 12.4 Å². The molecule has 24 heavy (non-hydrogen) atoms. The number of aliphatic hydroxyl groups excluding tert-OH is 1. The van der Waals surface area contributed by atoms with Crippen LogP contribution in [0.25, 0.3) is 0 Å². The first-order valence-corrected chi connectivity index (χ1v) is 7.81. The molecule has 0 aromatic heterocycles. The molecule has 0 radical (unpaired) electrons. The molecule has 5 heteroatoms. The number of halogens is 1. The van der Waals surface area contributed by atoms with Gasteiger partial charge in [-0.2, -0.15) is 0 Å². The van der Waals surface area contributed by atoms with Crippen molar-refractivity contribution in [3.8, 4) is 11.5 Å². The Morgan fingerprint density at radius 1 is 1.00 bits per heavy atom. The van der Waals surface area contributed by atoms with E-state index in [4.69, 9.17) is 9.47 Å². The summed E-state index contributed by atoms with van der Waals surface area (Å²) in [7, 11) is 3.28. The fraction of sp³-hybridized carbons (Fsp3) is 0.368. The minimum atomic E-state index is -0.593.